The van der Waals surface area contributed by atoms with E-state index in [4.69, 9.17) is 10.7 Å². The quantitative estimate of drug-likeness (QED) is 0.725. The molecule has 0 fully saturated rings. The van der Waals surface area contributed by atoms with Crippen LogP contribution in [0.4, 0.5) is 5.95 Å². The lowest BCUT2D eigenvalue weighted by Gasteiger charge is -2.05. The number of nitrogens with two attached hydrogens (primary N) is 1. The number of allylic oxidation sites excluding steroid dienone is 2. The van der Waals surface area contributed by atoms with E-state index in [1.165, 1.54) is 24.0 Å². The predicted molar refractivity (Wildman–Crippen MR) is 104 cm³/mol. The number of aryl methyl sites for hydroxylation is 1. The number of benzene rings is 1. The largest absolute Gasteiger partial charge is 0.368 e. The van der Waals surface area contributed by atoms with Crippen molar-refractivity contribution < 1.29 is 0 Å². The van der Waals surface area contributed by atoms with Crippen molar-refractivity contribution in [3.8, 4) is 21.1 Å². The smallest absolute Gasteiger partial charge is 0.220 e. The van der Waals surface area contributed by atoms with Crippen LogP contribution >= 0.6 is 11.3 Å². The molecule has 4 nitrogen and oxygen atoms in total. The van der Waals surface area contributed by atoms with Crippen LogP contribution < -0.4 is 5.73 Å². The van der Waals surface area contributed by atoms with Crippen LogP contribution in [-0.2, 0) is 0 Å². The second kappa shape index (κ2) is 6.41. The molecule has 2 aromatic heterocycles. The highest BCUT2D eigenvalue weighted by Gasteiger charge is 2.15. The van der Waals surface area contributed by atoms with E-state index in [0.29, 0.717) is 0 Å². The van der Waals surface area contributed by atoms with E-state index in [1.54, 1.807) is 17.5 Å². The topological polar surface area (TPSA) is 64.7 Å². The summed E-state index contributed by atoms with van der Waals surface area (Å²) in [5, 5.41) is 1.00. The molecule has 0 saturated carbocycles. The minimum Gasteiger partial charge on any atom is -0.368 e. The molecule has 5 heteroatoms. The molecule has 2 heterocycles. The molecule has 4 rings (SSSR count). The van der Waals surface area contributed by atoms with Gasteiger partial charge in [0, 0.05) is 11.8 Å². The van der Waals surface area contributed by atoms with Gasteiger partial charge in [-0.3, -0.25) is 0 Å². The number of nitrogen functional groups attached to an aromatic ring is 1. The lowest BCUT2D eigenvalue weighted by atomic mass is 10.0. The van der Waals surface area contributed by atoms with E-state index in [-0.39, 0.29) is 5.95 Å². The Kier molecular flexibility index (Phi) is 4.09. The molecule has 0 bridgehead atoms. The van der Waals surface area contributed by atoms with Gasteiger partial charge in [-0.15, -0.1) is 11.3 Å². The summed E-state index contributed by atoms with van der Waals surface area (Å²) in [6, 6.07) is 10.6. The average Bonchev–Trinajstić information content (AvgIpc) is 3.21. The number of rotatable bonds is 3. The van der Waals surface area contributed by atoms with Crippen LogP contribution in [0.1, 0.15) is 31.0 Å². The minimum atomic E-state index is 0.287. The highest BCUT2D eigenvalue weighted by Crippen LogP contribution is 2.36. The molecule has 1 unspecified atom stereocenters. The molecule has 0 saturated heterocycles. The van der Waals surface area contributed by atoms with Crippen molar-refractivity contribution in [2.45, 2.75) is 26.7 Å². The van der Waals surface area contributed by atoms with Crippen LogP contribution in [-0.4, -0.2) is 15.0 Å². The van der Waals surface area contributed by atoms with Crippen LogP contribution in [0.15, 0.2) is 42.6 Å². The molecule has 3 aromatic rings. The number of hydrogen-bond donors (Lipinski definition) is 1. The van der Waals surface area contributed by atoms with Gasteiger partial charge in [0.15, 0.2) is 0 Å². The van der Waals surface area contributed by atoms with Gasteiger partial charge in [-0.05, 0) is 42.9 Å². The van der Waals surface area contributed by atoms with Crippen LogP contribution in [0.2, 0.25) is 0 Å². The third kappa shape index (κ3) is 3.20. The van der Waals surface area contributed by atoms with E-state index in [9.17, 15) is 0 Å². The van der Waals surface area contributed by atoms with Crippen molar-refractivity contribution in [1.29, 1.82) is 0 Å². The molecule has 1 aliphatic rings. The maximum atomic E-state index is 5.71. The molecular formula is C20H20N4S. The number of hydrogen-bond acceptors (Lipinski definition) is 5. The second-order valence-corrected chi connectivity index (χ2v) is 7.58. The molecule has 0 radical (unpaired) electrons. The highest BCUT2D eigenvalue weighted by molar-refractivity contribution is 7.18. The van der Waals surface area contributed by atoms with Crippen molar-refractivity contribution in [3.05, 3.63) is 53.9 Å². The molecule has 0 aliphatic heterocycles. The number of aromatic nitrogens is 3. The first-order valence-corrected chi connectivity index (χ1v) is 9.28. The first-order chi connectivity index (χ1) is 12.1. The van der Waals surface area contributed by atoms with Gasteiger partial charge in [-0.1, -0.05) is 37.3 Å². The third-order valence-corrected chi connectivity index (χ3v) is 5.77. The van der Waals surface area contributed by atoms with Crippen molar-refractivity contribution >= 4 is 22.9 Å². The summed E-state index contributed by atoms with van der Waals surface area (Å²) in [4.78, 5) is 14.0. The van der Waals surface area contributed by atoms with Gasteiger partial charge >= 0.3 is 0 Å². The van der Waals surface area contributed by atoms with Crippen LogP contribution in [0.5, 0.6) is 0 Å². The molecule has 25 heavy (non-hydrogen) atoms. The summed E-state index contributed by atoms with van der Waals surface area (Å²) in [7, 11) is 0. The fourth-order valence-electron chi connectivity index (χ4n) is 3.21. The Morgan fingerprint density at radius 1 is 1.08 bits per heavy atom. The van der Waals surface area contributed by atoms with Crippen LogP contribution in [0.25, 0.3) is 26.7 Å². The molecule has 1 aromatic carbocycles. The molecule has 0 amide bonds. The van der Waals surface area contributed by atoms with E-state index in [0.717, 1.165) is 32.8 Å². The zero-order valence-corrected chi connectivity index (χ0v) is 15.2. The van der Waals surface area contributed by atoms with E-state index >= 15 is 0 Å². The molecule has 1 aliphatic carbocycles. The van der Waals surface area contributed by atoms with E-state index in [1.807, 2.05) is 13.0 Å². The van der Waals surface area contributed by atoms with Gasteiger partial charge in [0.25, 0.3) is 0 Å². The Labute approximate surface area is 151 Å². The van der Waals surface area contributed by atoms with Crippen molar-refractivity contribution in [2.24, 2.45) is 5.92 Å². The maximum absolute atomic E-state index is 5.71. The Morgan fingerprint density at radius 3 is 2.52 bits per heavy atom. The van der Waals surface area contributed by atoms with E-state index in [2.05, 4.69) is 47.2 Å². The number of thiazole rings is 1. The van der Waals surface area contributed by atoms with Crippen molar-refractivity contribution in [2.75, 3.05) is 5.73 Å². The van der Waals surface area contributed by atoms with Crippen LogP contribution in [0, 0.1) is 12.8 Å². The second-order valence-electron chi connectivity index (χ2n) is 6.59. The summed E-state index contributed by atoms with van der Waals surface area (Å²) in [6.07, 6.45) is 6.41. The molecular weight excluding hydrogens is 328 g/mol. The summed E-state index contributed by atoms with van der Waals surface area (Å²) < 4.78 is 0. The SMILES string of the molecule is Cc1nc(-c2ccc(C3=CCC(C)C3)cc2)sc1-c1ccnc(N)n1. The van der Waals surface area contributed by atoms with Crippen LogP contribution in [0.3, 0.4) is 0 Å². The summed E-state index contributed by atoms with van der Waals surface area (Å²) in [5.74, 6) is 1.05. The highest BCUT2D eigenvalue weighted by atomic mass is 32.1. The number of anilines is 1. The number of nitrogens with zero attached hydrogens (tertiary/aromatic N) is 3. The molecule has 1 atom stereocenters. The van der Waals surface area contributed by atoms with Gasteiger partial charge in [0.1, 0.15) is 5.01 Å². The first-order valence-electron chi connectivity index (χ1n) is 8.46. The Balaban J connectivity index is 1.63. The Hall–Kier alpha value is -2.53. The fourth-order valence-corrected chi connectivity index (χ4v) is 4.25. The average molecular weight is 348 g/mol. The maximum Gasteiger partial charge on any atom is 0.220 e. The van der Waals surface area contributed by atoms with E-state index < -0.39 is 0 Å². The first kappa shape index (κ1) is 16.0. The lowest BCUT2D eigenvalue weighted by Crippen LogP contribution is -1.94. The van der Waals surface area contributed by atoms with Gasteiger partial charge < -0.3 is 5.73 Å². The normalized spacial score (nSPS) is 16.9. The lowest BCUT2D eigenvalue weighted by molar-refractivity contribution is 0.642. The fraction of sp³-hybridized carbons (Fsp3) is 0.250. The van der Waals surface area contributed by atoms with Crippen molar-refractivity contribution in [3.63, 3.8) is 0 Å². The Bertz CT molecular complexity index is 941. The standard InChI is InChI=1S/C20H20N4S/c1-12-3-4-16(11-12)14-5-7-15(8-6-14)19-23-13(2)18(25-19)17-9-10-22-20(21)24-17/h4-10,12H,3,11H2,1-2H3,(H2,21,22,24). The van der Waals surface area contributed by atoms with Crippen molar-refractivity contribution in [1.82, 2.24) is 15.0 Å². The monoisotopic (exact) mass is 348 g/mol. The van der Waals surface area contributed by atoms with Gasteiger partial charge in [0.05, 0.1) is 16.3 Å². The minimum absolute atomic E-state index is 0.287. The summed E-state index contributed by atoms with van der Waals surface area (Å²) in [5.41, 5.74) is 11.4. The van der Waals surface area contributed by atoms with Gasteiger partial charge in [0.2, 0.25) is 5.95 Å². The summed E-state index contributed by atoms with van der Waals surface area (Å²) >= 11 is 1.64. The zero-order chi connectivity index (χ0) is 17.4. The zero-order valence-electron chi connectivity index (χ0n) is 14.4. The predicted octanol–water partition coefficient (Wildman–Crippen LogP) is 4.97. The third-order valence-electron chi connectivity index (χ3n) is 4.54. The Morgan fingerprint density at radius 2 is 1.84 bits per heavy atom. The summed E-state index contributed by atoms with van der Waals surface area (Å²) in [6.45, 7) is 4.31. The molecule has 126 valence electrons. The van der Waals surface area contributed by atoms with Gasteiger partial charge in [-0.25, -0.2) is 15.0 Å². The molecule has 0 spiro atoms. The van der Waals surface area contributed by atoms with Gasteiger partial charge in [-0.2, -0.15) is 0 Å². The molecule has 2 N–H and O–H groups in total.